The lowest BCUT2D eigenvalue weighted by Crippen LogP contribution is -2.39. The SMILES string of the molecule is COc1ccc(CC2CCN(C(=O)c3nc4c(F)cccc4[nH]3)CC2)cc1OC1CCCC1. The Hall–Kier alpha value is -3.09. The van der Waals surface area contributed by atoms with Crippen LogP contribution in [0, 0.1) is 11.7 Å². The van der Waals surface area contributed by atoms with Gasteiger partial charge in [0.05, 0.1) is 18.7 Å². The highest BCUT2D eigenvalue weighted by molar-refractivity contribution is 5.94. The molecule has 1 saturated carbocycles. The molecular formula is C26H30FN3O3. The highest BCUT2D eigenvalue weighted by Crippen LogP contribution is 2.34. The fourth-order valence-corrected chi connectivity index (χ4v) is 5.05. The Morgan fingerprint density at radius 1 is 1.12 bits per heavy atom. The van der Waals surface area contributed by atoms with Crippen molar-refractivity contribution in [2.45, 2.75) is 51.0 Å². The molecule has 7 heteroatoms. The van der Waals surface area contributed by atoms with Crippen LogP contribution in [-0.4, -0.2) is 47.1 Å². The lowest BCUT2D eigenvalue weighted by Gasteiger charge is -2.31. The molecule has 1 aliphatic heterocycles. The number of likely N-dealkylation sites (tertiary alicyclic amines) is 1. The third-order valence-electron chi connectivity index (χ3n) is 6.92. The maximum absolute atomic E-state index is 13.9. The van der Waals surface area contributed by atoms with Crippen LogP contribution >= 0.6 is 0 Å². The molecular weight excluding hydrogens is 421 g/mol. The molecule has 174 valence electrons. The third kappa shape index (κ3) is 4.68. The van der Waals surface area contributed by atoms with Gasteiger partial charge in [0.25, 0.3) is 5.91 Å². The highest BCUT2D eigenvalue weighted by Gasteiger charge is 2.26. The molecule has 1 N–H and O–H groups in total. The minimum atomic E-state index is -0.419. The number of aromatic amines is 1. The predicted molar refractivity (Wildman–Crippen MR) is 124 cm³/mol. The molecule has 2 aromatic carbocycles. The molecule has 6 nitrogen and oxygen atoms in total. The summed E-state index contributed by atoms with van der Waals surface area (Å²) in [6.07, 6.45) is 7.75. The number of piperidine rings is 1. The molecule has 0 atom stereocenters. The summed E-state index contributed by atoms with van der Waals surface area (Å²) in [5.41, 5.74) is 2.00. The number of imidazole rings is 1. The van der Waals surface area contributed by atoms with Crippen molar-refractivity contribution in [2.75, 3.05) is 20.2 Å². The number of H-pyrrole nitrogens is 1. The molecule has 3 aromatic rings. The summed E-state index contributed by atoms with van der Waals surface area (Å²) in [5, 5.41) is 0. The first-order chi connectivity index (χ1) is 16.1. The lowest BCUT2D eigenvalue weighted by molar-refractivity contribution is 0.0679. The maximum Gasteiger partial charge on any atom is 0.289 e. The topological polar surface area (TPSA) is 67.5 Å². The van der Waals surface area contributed by atoms with E-state index in [2.05, 4.69) is 22.1 Å². The number of fused-ring (bicyclic) bond motifs is 1. The van der Waals surface area contributed by atoms with Gasteiger partial charge in [-0.15, -0.1) is 0 Å². The standard InChI is InChI=1S/C26H30FN3O3/c1-32-22-10-9-18(16-23(22)33-19-5-2-3-6-19)15-17-11-13-30(14-12-17)26(31)25-28-21-8-4-7-20(27)24(21)29-25/h4,7-10,16-17,19H,2-3,5-6,11-15H2,1H3,(H,28,29). The van der Waals surface area contributed by atoms with E-state index >= 15 is 0 Å². The molecule has 1 aliphatic carbocycles. The van der Waals surface area contributed by atoms with Crippen LogP contribution in [0.1, 0.15) is 54.7 Å². The van der Waals surface area contributed by atoms with Crippen molar-refractivity contribution in [3.05, 3.63) is 53.6 Å². The second-order valence-electron chi connectivity index (χ2n) is 9.17. The van der Waals surface area contributed by atoms with Crippen molar-refractivity contribution >= 4 is 16.9 Å². The first kappa shape index (κ1) is 21.7. The average molecular weight is 452 g/mol. The Kier molecular flexibility index (Phi) is 6.20. The molecule has 2 fully saturated rings. The molecule has 0 bridgehead atoms. The van der Waals surface area contributed by atoms with E-state index in [9.17, 15) is 9.18 Å². The number of aromatic nitrogens is 2. The van der Waals surface area contributed by atoms with Crippen molar-refractivity contribution < 1.29 is 18.7 Å². The molecule has 1 saturated heterocycles. The number of hydrogen-bond donors (Lipinski definition) is 1. The molecule has 0 spiro atoms. The van der Waals surface area contributed by atoms with Crippen LogP contribution in [0.3, 0.4) is 0 Å². The van der Waals surface area contributed by atoms with Crippen LogP contribution < -0.4 is 9.47 Å². The minimum Gasteiger partial charge on any atom is -0.493 e. The van der Waals surface area contributed by atoms with E-state index in [1.165, 1.54) is 24.5 Å². The highest BCUT2D eigenvalue weighted by atomic mass is 19.1. The predicted octanol–water partition coefficient (Wildman–Crippen LogP) is 5.13. The van der Waals surface area contributed by atoms with Crippen molar-refractivity contribution in [2.24, 2.45) is 5.92 Å². The monoisotopic (exact) mass is 451 g/mol. The fraction of sp³-hybridized carbons (Fsp3) is 0.462. The van der Waals surface area contributed by atoms with Gasteiger partial charge < -0.3 is 19.4 Å². The summed E-state index contributed by atoms with van der Waals surface area (Å²) in [6.45, 7) is 1.34. The van der Waals surface area contributed by atoms with Crippen LogP contribution in [0.25, 0.3) is 11.0 Å². The number of amides is 1. The van der Waals surface area contributed by atoms with Gasteiger partial charge in [0.2, 0.25) is 0 Å². The quantitative estimate of drug-likeness (QED) is 0.564. The van der Waals surface area contributed by atoms with E-state index < -0.39 is 5.82 Å². The van der Waals surface area contributed by atoms with Gasteiger partial charge in [-0.3, -0.25) is 4.79 Å². The van der Waals surface area contributed by atoms with E-state index in [-0.39, 0.29) is 23.4 Å². The Labute approximate surface area is 193 Å². The molecule has 2 heterocycles. The van der Waals surface area contributed by atoms with E-state index in [0.717, 1.165) is 43.6 Å². The fourth-order valence-electron chi connectivity index (χ4n) is 5.05. The molecule has 1 aromatic heterocycles. The zero-order chi connectivity index (χ0) is 22.8. The Balaban J connectivity index is 1.20. The lowest BCUT2D eigenvalue weighted by atomic mass is 9.90. The zero-order valence-electron chi connectivity index (χ0n) is 19.0. The van der Waals surface area contributed by atoms with Crippen molar-refractivity contribution in [3.8, 4) is 11.5 Å². The molecule has 2 aliphatic rings. The number of benzene rings is 2. The van der Waals surface area contributed by atoms with E-state index in [1.54, 1.807) is 19.2 Å². The van der Waals surface area contributed by atoms with Gasteiger partial charge in [-0.05, 0) is 80.7 Å². The van der Waals surface area contributed by atoms with E-state index in [0.29, 0.717) is 24.5 Å². The van der Waals surface area contributed by atoms with Gasteiger partial charge in [-0.25, -0.2) is 9.37 Å². The van der Waals surface area contributed by atoms with Crippen LogP contribution in [0.15, 0.2) is 36.4 Å². The first-order valence-electron chi connectivity index (χ1n) is 11.9. The normalized spacial score (nSPS) is 17.6. The van der Waals surface area contributed by atoms with Gasteiger partial charge in [0.15, 0.2) is 23.1 Å². The number of carbonyl (C=O) groups excluding carboxylic acids is 1. The van der Waals surface area contributed by atoms with Gasteiger partial charge in [0, 0.05) is 13.1 Å². The maximum atomic E-state index is 13.9. The number of nitrogens with one attached hydrogen (secondary N) is 1. The van der Waals surface area contributed by atoms with E-state index in [1.807, 2.05) is 11.0 Å². The smallest absolute Gasteiger partial charge is 0.289 e. The average Bonchev–Trinajstić information content (AvgIpc) is 3.50. The summed E-state index contributed by atoms with van der Waals surface area (Å²) < 4.78 is 25.7. The number of hydrogen-bond acceptors (Lipinski definition) is 4. The number of para-hydroxylation sites is 1. The van der Waals surface area contributed by atoms with Crippen LogP contribution in [0.5, 0.6) is 11.5 Å². The second-order valence-corrected chi connectivity index (χ2v) is 9.17. The molecule has 1 amide bonds. The molecule has 0 radical (unpaired) electrons. The summed E-state index contributed by atoms with van der Waals surface area (Å²) in [6, 6.07) is 10.9. The van der Waals surface area contributed by atoms with Gasteiger partial charge >= 0.3 is 0 Å². The minimum absolute atomic E-state index is 0.166. The van der Waals surface area contributed by atoms with Crippen LogP contribution in [0.2, 0.25) is 0 Å². The number of ether oxygens (including phenoxy) is 2. The Bertz CT molecular complexity index is 1130. The molecule has 5 rings (SSSR count). The zero-order valence-corrected chi connectivity index (χ0v) is 19.0. The molecule has 0 unspecified atom stereocenters. The Morgan fingerprint density at radius 2 is 1.91 bits per heavy atom. The van der Waals surface area contributed by atoms with Gasteiger partial charge in [-0.1, -0.05) is 12.1 Å². The summed E-state index contributed by atoms with van der Waals surface area (Å²) in [5.74, 6) is 1.74. The van der Waals surface area contributed by atoms with Crippen LogP contribution in [0.4, 0.5) is 4.39 Å². The summed E-state index contributed by atoms with van der Waals surface area (Å²) in [7, 11) is 1.68. The van der Waals surface area contributed by atoms with E-state index in [4.69, 9.17) is 9.47 Å². The molecule has 33 heavy (non-hydrogen) atoms. The largest absolute Gasteiger partial charge is 0.493 e. The van der Waals surface area contributed by atoms with Crippen LogP contribution in [-0.2, 0) is 6.42 Å². The Morgan fingerprint density at radius 3 is 2.64 bits per heavy atom. The van der Waals surface area contributed by atoms with Gasteiger partial charge in [-0.2, -0.15) is 0 Å². The second kappa shape index (κ2) is 9.41. The van der Waals surface area contributed by atoms with Crippen molar-refractivity contribution in [3.63, 3.8) is 0 Å². The third-order valence-corrected chi connectivity index (χ3v) is 6.92. The number of halogens is 1. The van der Waals surface area contributed by atoms with Gasteiger partial charge in [0.1, 0.15) is 5.52 Å². The summed E-state index contributed by atoms with van der Waals surface area (Å²) in [4.78, 5) is 21.9. The summed E-state index contributed by atoms with van der Waals surface area (Å²) >= 11 is 0. The van der Waals surface area contributed by atoms with Crippen molar-refractivity contribution in [1.82, 2.24) is 14.9 Å². The first-order valence-corrected chi connectivity index (χ1v) is 11.9. The number of nitrogens with zero attached hydrogens (tertiary/aromatic N) is 2. The number of methoxy groups -OCH3 is 1. The number of rotatable bonds is 6. The van der Waals surface area contributed by atoms with Crippen molar-refractivity contribution in [1.29, 1.82) is 0 Å². The number of carbonyl (C=O) groups is 1.